The van der Waals surface area contributed by atoms with E-state index in [1.54, 1.807) is 12.1 Å². The number of nitrogens with one attached hydrogen (secondary N) is 1. The lowest BCUT2D eigenvalue weighted by atomic mass is 10.1. The SMILES string of the molecule is NC(=O)C(Cc1ccccc1)NC(=O)c1nc(-c2cccs2)n(-c2ccc(F)cc2)n1. The molecule has 2 heterocycles. The summed E-state index contributed by atoms with van der Waals surface area (Å²) in [5, 5.41) is 8.81. The molecule has 0 aliphatic rings. The van der Waals surface area contributed by atoms with Crippen LogP contribution < -0.4 is 11.1 Å². The summed E-state index contributed by atoms with van der Waals surface area (Å²) < 4.78 is 14.8. The first-order valence-electron chi connectivity index (χ1n) is 9.42. The molecule has 0 aliphatic carbocycles. The van der Waals surface area contributed by atoms with Crippen molar-refractivity contribution >= 4 is 23.2 Å². The van der Waals surface area contributed by atoms with Crippen molar-refractivity contribution in [1.82, 2.24) is 20.1 Å². The van der Waals surface area contributed by atoms with Crippen molar-refractivity contribution in [2.24, 2.45) is 5.73 Å². The van der Waals surface area contributed by atoms with Crippen molar-refractivity contribution in [2.45, 2.75) is 12.5 Å². The molecule has 0 saturated carbocycles. The fraction of sp³-hybridized carbons (Fsp3) is 0.0909. The zero-order chi connectivity index (χ0) is 21.8. The zero-order valence-corrected chi connectivity index (χ0v) is 17.1. The van der Waals surface area contributed by atoms with E-state index >= 15 is 0 Å². The first kappa shape index (κ1) is 20.4. The molecule has 3 N–H and O–H groups in total. The highest BCUT2D eigenvalue weighted by Crippen LogP contribution is 2.25. The second-order valence-corrected chi connectivity index (χ2v) is 7.69. The van der Waals surface area contributed by atoms with Crippen molar-refractivity contribution in [3.63, 3.8) is 0 Å². The molecule has 0 spiro atoms. The Balaban J connectivity index is 1.64. The third kappa shape index (κ3) is 4.67. The Kier molecular flexibility index (Phi) is 5.85. The van der Waals surface area contributed by atoms with Gasteiger partial charge in [0.15, 0.2) is 5.82 Å². The molecule has 4 aromatic rings. The number of rotatable bonds is 7. The summed E-state index contributed by atoms with van der Waals surface area (Å²) in [6.07, 6.45) is 0.248. The van der Waals surface area contributed by atoms with Gasteiger partial charge in [0.2, 0.25) is 11.7 Å². The van der Waals surface area contributed by atoms with Gasteiger partial charge in [0.1, 0.15) is 11.9 Å². The number of hydrogen-bond donors (Lipinski definition) is 2. The molecule has 1 unspecified atom stereocenters. The van der Waals surface area contributed by atoms with Crippen molar-refractivity contribution in [1.29, 1.82) is 0 Å². The minimum Gasteiger partial charge on any atom is -0.368 e. The van der Waals surface area contributed by atoms with Gasteiger partial charge in [0.25, 0.3) is 5.91 Å². The van der Waals surface area contributed by atoms with E-state index in [2.05, 4.69) is 15.4 Å². The number of primary amides is 1. The van der Waals surface area contributed by atoms with Gasteiger partial charge >= 0.3 is 0 Å². The van der Waals surface area contributed by atoms with E-state index in [4.69, 9.17) is 5.73 Å². The molecule has 0 fully saturated rings. The minimum absolute atomic E-state index is 0.118. The summed E-state index contributed by atoms with van der Waals surface area (Å²) in [6, 6.07) is 17.7. The van der Waals surface area contributed by atoms with Crippen LogP contribution >= 0.6 is 11.3 Å². The Morgan fingerprint density at radius 3 is 2.45 bits per heavy atom. The summed E-state index contributed by atoms with van der Waals surface area (Å²) in [5.74, 6) is -1.35. The second-order valence-electron chi connectivity index (χ2n) is 6.74. The molecular formula is C22H18FN5O2S. The van der Waals surface area contributed by atoms with Gasteiger partial charge < -0.3 is 11.1 Å². The monoisotopic (exact) mass is 435 g/mol. The molecule has 0 saturated heterocycles. The van der Waals surface area contributed by atoms with Crippen LogP contribution in [0.2, 0.25) is 0 Å². The number of carbonyl (C=O) groups excluding carboxylic acids is 2. The van der Waals surface area contributed by atoms with Crippen LogP contribution in [-0.4, -0.2) is 32.6 Å². The van der Waals surface area contributed by atoms with Crippen LogP contribution in [0.15, 0.2) is 72.1 Å². The van der Waals surface area contributed by atoms with Gasteiger partial charge in [0.05, 0.1) is 10.6 Å². The van der Waals surface area contributed by atoms with E-state index < -0.39 is 17.9 Å². The van der Waals surface area contributed by atoms with E-state index in [-0.39, 0.29) is 18.1 Å². The average Bonchev–Trinajstić information content (AvgIpc) is 3.44. The molecule has 1 atom stereocenters. The molecule has 2 aromatic heterocycles. The number of hydrogen-bond acceptors (Lipinski definition) is 5. The zero-order valence-electron chi connectivity index (χ0n) is 16.2. The largest absolute Gasteiger partial charge is 0.368 e. The lowest BCUT2D eigenvalue weighted by molar-refractivity contribution is -0.119. The standard InChI is InChI=1S/C22H18FN5O2S/c23-15-8-10-16(11-9-15)28-21(18-7-4-12-31-18)26-20(27-28)22(30)25-17(19(24)29)13-14-5-2-1-3-6-14/h1-12,17H,13H2,(H2,24,29)(H,25,30). The van der Waals surface area contributed by atoms with Crippen LogP contribution in [0.5, 0.6) is 0 Å². The Morgan fingerprint density at radius 1 is 1.06 bits per heavy atom. The fourth-order valence-electron chi connectivity index (χ4n) is 3.03. The van der Waals surface area contributed by atoms with Gasteiger partial charge in [-0.2, -0.15) is 0 Å². The summed E-state index contributed by atoms with van der Waals surface area (Å²) in [7, 11) is 0. The van der Waals surface area contributed by atoms with Crippen LogP contribution in [0.3, 0.4) is 0 Å². The maximum Gasteiger partial charge on any atom is 0.291 e. The highest BCUT2D eigenvalue weighted by molar-refractivity contribution is 7.13. The van der Waals surface area contributed by atoms with E-state index in [1.807, 2.05) is 47.8 Å². The van der Waals surface area contributed by atoms with Crippen molar-refractivity contribution in [3.05, 3.63) is 89.3 Å². The maximum absolute atomic E-state index is 13.4. The van der Waals surface area contributed by atoms with E-state index in [0.717, 1.165) is 10.4 Å². The molecule has 2 aromatic carbocycles. The second kappa shape index (κ2) is 8.88. The number of halogens is 1. The molecular weight excluding hydrogens is 417 g/mol. The molecule has 156 valence electrons. The molecule has 2 amide bonds. The van der Waals surface area contributed by atoms with Gasteiger partial charge in [0, 0.05) is 6.42 Å². The van der Waals surface area contributed by atoms with Crippen LogP contribution in [0.1, 0.15) is 16.2 Å². The number of thiophene rings is 1. The third-order valence-corrected chi connectivity index (χ3v) is 5.42. The Labute approximate surface area is 181 Å². The van der Waals surface area contributed by atoms with Gasteiger partial charge in [-0.15, -0.1) is 16.4 Å². The van der Waals surface area contributed by atoms with Crippen LogP contribution in [-0.2, 0) is 11.2 Å². The van der Waals surface area contributed by atoms with Crippen molar-refractivity contribution < 1.29 is 14.0 Å². The molecule has 31 heavy (non-hydrogen) atoms. The Morgan fingerprint density at radius 2 is 1.81 bits per heavy atom. The summed E-state index contributed by atoms with van der Waals surface area (Å²) in [6.45, 7) is 0. The maximum atomic E-state index is 13.4. The van der Waals surface area contributed by atoms with Crippen LogP contribution in [0, 0.1) is 5.82 Å². The number of amides is 2. The Hall–Kier alpha value is -3.85. The van der Waals surface area contributed by atoms with E-state index in [0.29, 0.717) is 11.5 Å². The van der Waals surface area contributed by atoms with E-state index in [1.165, 1.54) is 28.2 Å². The summed E-state index contributed by atoms with van der Waals surface area (Å²) in [4.78, 5) is 29.9. The number of nitrogens with zero attached hydrogens (tertiary/aromatic N) is 3. The minimum atomic E-state index is -0.919. The quantitative estimate of drug-likeness (QED) is 0.466. The lowest BCUT2D eigenvalue weighted by Gasteiger charge is -2.14. The number of aromatic nitrogens is 3. The van der Waals surface area contributed by atoms with Crippen LogP contribution in [0.25, 0.3) is 16.4 Å². The average molecular weight is 435 g/mol. The molecule has 0 radical (unpaired) electrons. The normalized spacial score (nSPS) is 11.8. The first-order chi connectivity index (χ1) is 15.0. The molecule has 9 heteroatoms. The van der Waals surface area contributed by atoms with Crippen molar-refractivity contribution in [3.8, 4) is 16.4 Å². The smallest absolute Gasteiger partial charge is 0.291 e. The summed E-state index contributed by atoms with van der Waals surface area (Å²) >= 11 is 1.43. The lowest BCUT2D eigenvalue weighted by Crippen LogP contribution is -2.46. The van der Waals surface area contributed by atoms with Gasteiger partial charge in [-0.3, -0.25) is 9.59 Å². The predicted molar refractivity (Wildman–Crippen MR) is 115 cm³/mol. The number of carbonyl (C=O) groups is 2. The topological polar surface area (TPSA) is 103 Å². The highest BCUT2D eigenvalue weighted by atomic mass is 32.1. The fourth-order valence-corrected chi connectivity index (χ4v) is 3.73. The molecule has 0 bridgehead atoms. The Bertz CT molecular complexity index is 1190. The predicted octanol–water partition coefficient (Wildman–Crippen LogP) is 2.96. The summed E-state index contributed by atoms with van der Waals surface area (Å²) in [5.41, 5.74) is 6.90. The van der Waals surface area contributed by atoms with Crippen LogP contribution in [0.4, 0.5) is 4.39 Å². The highest BCUT2D eigenvalue weighted by Gasteiger charge is 2.24. The molecule has 4 rings (SSSR count). The van der Waals surface area contributed by atoms with E-state index in [9.17, 15) is 14.0 Å². The van der Waals surface area contributed by atoms with Gasteiger partial charge in [-0.1, -0.05) is 36.4 Å². The third-order valence-electron chi connectivity index (χ3n) is 4.55. The van der Waals surface area contributed by atoms with Gasteiger partial charge in [-0.25, -0.2) is 14.1 Å². The number of nitrogens with two attached hydrogens (primary N) is 1. The van der Waals surface area contributed by atoms with Crippen molar-refractivity contribution in [2.75, 3.05) is 0 Å². The molecule has 7 nitrogen and oxygen atoms in total. The first-order valence-corrected chi connectivity index (χ1v) is 10.3. The molecule has 0 aliphatic heterocycles. The van der Waals surface area contributed by atoms with Gasteiger partial charge in [-0.05, 0) is 41.3 Å². The number of benzene rings is 2.